The van der Waals surface area contributed by atoms with Crippen LogP contribution in [0.15, 0.2) is 53.7 Å². The Labute approximate surface area is 166 Å². The second-order valence-corrected chi connectivity index (χ2v) is 7.91. The van der Waals surface area contributed by atoms with Gasteiger partial charge in [-0.3, -0.25) is 4.79 Å². The molecule has 1 amide bonds. The summed E-state index contributed by atoms with van der Waals surface area (Å²) in [7, 11) is 0. The molecule has 2 atom stereocenters. The van der Waals surface area contributed by atoms with Gasteiger partial charge < -0.3 is 10.7 Å². The number of halogens is 1. The maximum Gasteiger partial charge on any atom is 0.240 e. The van der Waals surface area contributed by atoms with E-state index in [1.807, 2.05) is 67.1 Å². The molecule has 2 aromatic carbocycles. The summed E-state index contributed by atoms with van der Waals surface area (Å²) < 4.78 is 1.82. The first-order chi connectivity index (χ1) is 13.0. The van der Waals surface area contributed by atoms with Crippen LogP contribution in [0, 0.1) is 13.8 Å². The van der Waals surface area contributed by atoms with E-state index in [1.54, 1.807) is 0 Å². The fourth-order valence-corrected chi connectivity index (χ4v) is 4.25. The Bertz CT molecular complexity index is 988. The molecule has 6 nitrogen and oxygen atoms in total. The maximum atomic E-state index is 13.1. The average molecular weight is 400 g/mol. The molecule has 8 heteroatoms. The van der Waals surface area contributed by atoms with Crippen LogP contribution < -0.4 is 10.7 Å². The van der Waals surface area contributed by atoms with Crippen LogP contribution in [0.3, 0.4) is 0 Å². The lowest BCUT2D eigenvalue weighted by Crippen LogP contribution is -2.41. The molecule has 0 saturated carbocycles. The van der Waals surface area contributed by atoms with Gasteiger partial charge in [-0.1, -0.05) is 53.7 Å². The number of carbonyl (C=O) groups excluding carboxylic acids is 1. The van der Waals surface area contributed by atoms with Gasteiger partial charge >= 0.3 is 0 Å². The van der Waals surface area contributed by atoms with Crippen molar-refractivity contribution >= 4 is 35.0 Å². The summed E-state index contributed by atoms with van der Waals surface area (Å²) in [6.45, 7) is 3.84. The van der Waals surface area contributed by atoms with Gasteiger partial charge in [0.15, 0.2) is 0 Å². The minimum Gasteiger partial charge on any atom is -0.325 e. The number of fused-ring (bicyclic) bond motifs is 1. The Balaban J connectivity index is 1.68. The van der Waals surface area contributed by atoms with Crippen molar-refractivity contribution in [2.24, 2.45) is 0 Å². The lowest BCUT2D eigenvalue weighted by molar-refractivity contribution is -0.116. The van der Waals surface area contributed by atoms with Crippen molar-refractivity contribution in [2.75, 3.05) is 10.7 Å². The van der Waals surface area contributed by atoms with E-state index >= 15 is 0 Å². The SMILES string of the molecule is Cc1ccccc1NC(=O)C1Sc2nnc(C)n2NC1c1ccc(Cl)cc1. The zero-order valence-electron chi connectivity index (χ0n) is 14.8. The highest BCUT2D eigenvalue weighted by atomic mass is 35.5. The van der Waals surface area contributed by atoms with E-state index in [4.69, 9.17) is 11.6 Å². The summed E-state index contributed by atoms with van der Waals surface area (Å²) in [6.07, 6.45) is 0. The van der Waals surface area contributed by atoms with E-state index in [0.717, 1.165) is 22.6 Å². The van der Waals surface area contributed by atoms with Crippen LogP contribution in [-0.4, -0.2) is 26.0 Å². The zero-order chi connectivity index (χ0) is 19.0. The molecule has 0 saturated heterocycles. The average Bonchev–Trinajstić information content (AvgIpc) is 3.03. The Hall–Kier alpha value is -2.51. The van der Waals surface area contributed by atoms with Gasteiger partial charge in [0.2, 0.25) is 11.1 Å². The first-order valence-corrected chi connectivity index (χ1v) is 9.76. The van der Waals surface area contributed by atoms with Crippen molar-refractivity contribution in [1.29, 1.82) is 0 Å². The third-order valence-electron chi connectivity index (χ3n) is 4.49. The Kier molecular flexibility index (Phi) is 4.80. The van der Waals surface area contributed by atoms with Crippen molar-refractivity contribution in [2.45, 2.75) is 30.3 Å². The number of hydrogen-bond donors (Lipinski definition) is 2. The first-order valence-electron chi connectivity index (χ1n) is 8.50. The second-order valence-electron chi connectivity index (χ2n) is 6.37. The summed E-state index contributed by atoms with van der Waals surface area (Å²) in [5.41, 5.74) is 6.17. The van der Waals surface area contributed by atoms with E-state index in [-0.39, 0.29) is 11.9 Å². The zero-order valence-corrected chi connectivity index (χ0v) is 16.4. The number of thioether (sulfide) groups is 1. The third kappa shape index (κ3) is 3.52. The van der Waals surface area contributed by atoms with Crippen LogP contribution in [0.2, 0.25) is 5.02 Å². The molecule has 1 aromatic heterocycles. The molecule has 0 spiro atoms. The monoisotopic (exact) mass is 399 g/mol. The van der Waals surface area contributed by atoms with Crippen LogP contribution >= 0.6 is 23.4 Å². The van der Waals surface area contributed by atoms with Crippen molar-refractivity contribution in [3.63, 3.8) is 0 Å². The summed E-state index contributed by atoms with van der Waals surface area (Å²) in [4.78, 5) is 13.1. The van der Waals surface area contributed by atoms with E-state index < -0.39 is 5.25 Å². The lowest BCUT2D eigenvalue weighted by Gasteiger charge is -2.32. The molecule has 2 unspecified atom stereocenters. The van der Waals surface area contributed by atoms with Crippen LogP contribution in [0.1, 0.15) is 23.0 Å². The van der Waals surface area contributed by atoms with Gasteiger partial charge in [-0.2, -0.15) is 0 Å². The summed E-state index contributed by atoms with van der Waals surface area (Å²) in [5.74, 6) is 0.655. The smallest absolute Gasteiger partial charge is 0.240 e. The van der Waals surface area contributed by atoms with Gasteiger partial charge in [0.1, 0.15) is 11.1 Å². The maximum absolute atomic E-state index is 13.1. The molecule has 3 aromatic rings. The molecule has 0 bridgehead atoms. The Morgan fingerprint density at radius 1 is 1.15 bits per heavy atom. The van der Waals surface area contributed by atoms with Crippen molar-refractivity contribution < 1.29 is 4.79 Å². The standard InChI is InChI=1S/C19H18ClN5OS/c1-11-5-3-4-6-15(11)21-18(26)17-16(13-7-9-14(20)10-8-13)24-25-12(2)22-23-19(25)27-17/h3-10,16-17,24H,1-2H3,(H,21,26). The highest BCUT2D eigenvalue weighted by molar-refractivity contribution is 8.00. The molecule has 27 heavy (non-hydrogen) atoms. The molecule has 1 aliphatic rings. The highest BCUT2D eigenvalue weighted by Crippen LogP contribution is 2.37. The summed E-state index contributed by atoms with van der Waals surface area (Å²) in [5, 5.41) is 12.2. The van der Waals surface area contributed by atoms with E-state index in [2.05, 4.69) is 20.9 Å². The van der Waals surface area contributed by atoms with Crippen LogP contribution in [0.25, 0.3) is 0 Å². The van der Waals surface area contributed by atoms with Crippen LogP contribution in [0.5, 0.6) is 0 Å². The number of carbonyl (C=O) groups is 1. The van der Waals surface area contributed by atoms with Crippen LogP contribution in [-0.2, 0) is 4.79 Å². The number of anilines is 1. The number of nitrogens with zero attached hydrogens (tertiary/aromatic N) is 3. The lowest BCUT2D eigenvalue weighted by atomic mass is 10.0. The largest absolute Gasteiger partial charge is 0.325 e. The van der Waals surface area contributed by atoms with Gasteiger partial charge in [-0.05, 0) is 43.2 Å². The fraction of sp³-hybridized carbons (Fsp3) is 0.211. The predicted molar refractivity (Wildman–Crippen MR) is 108 cm³/mol. The number of hydrogen-bond acceptors (Lipinski definition) is 5. The number of amides is 1. The van der Waals surface area contributed by atoms with Crippen molar-refractivity contribution in [3.05, 3.63) is 70.5 Å². The van der Waals surface area contributed by atoms with Gasteiger partial charge in [0, 0.05) is 10.7 Å². The van der Waals surface area contributed by atoms with E-state index in [0.29, 0.717) is 10.2 Å². The van der Waals surface area contributed by atoms with Gasteiger partial charge in [-0.25, -0.2) is 4.68 Å². The molecule has 2 heterocycles. The molecule has 0 aliphatic carbocycles. The molecular weight excluding hydrogens is 382 g/mol. The van der Waals surface area contributed by atoms with E-state index in [9.17, 15) is 4.79 Å². The third-order valence-corrected chi connectivity index (χ3v) is 5.96. The first kappa shape index (κ1) is 17.9. The topological polar surface area (TPSA) is 71.8 Å². The highest BCUT2D eigenvalue weighted by Gasteiger charge is 2.37. The van der Waals surface area contributed by atoms with Crippen molar-refractivity contribution in [1.82, 2.24) is 14.9 Å². The molecule has 0 radical (unpaired) electrons. The summed E-state index contributed by atoms with van der Waals surface area (Å²) in [6, 6.07) is 15.0. The normalized spacial score (nSPS) is 18.5. The number of benzene rings is 2. The minimum atomic E-state index is -0.415. The minimum absolute atomic E-state index is 0.0892. The molecule has 4 rings (SSSR count). The number of rotatable bonds is 3. The number of aryl methyl sites for hydroxylation is 2. The van der Waals surface area contributed by atoms with E-state index in [1.165, 1.54) is 11.8 Å². The fourth-order valence-electron chi connectivity index (χ4n) is 3.00. The molecule has 0 fully saturated rings. The predicted octanol–water partition coefficient (Wildman–Crippen LogP) is 3.95. The number of aromatic nitrogens is 3. The van der Waals surface area contributed by atoms with Gasteiger partial charge in [0.25, 0.3) is 0 Å². The molecule has 138 valence electrons. The van der Waals surface area contributed by atoms with Gasteiger partial charge in [0.05, 0.1) is 6.04 Å². The summed E-state index contributed by atoms with van der Waals surface area (Å²) >= 11 is 7.43. The van der Waals surface area contributed by atoms with Crippen molar-refractivity contribution in [3.8, 4) is 0 Å². The second kappa shape index (κ2) is 7.25. The Morgan fingerprint density at radius 2 is 1.89 bits per heavy atom. The molecule has 2 N–H and O–H groups in total. The molecular formula is C19H18ClN5OS. The van der Waals surface area contributed by atoms with Crippen LogP contribution in [0.4, 0.5) is 5.69 Å². The quantitative estimate of drug-likeness (QED) is 0.697. The number of para-hydroxylation sites is 1. The molecule has 1 aliphatic heterocycles. The van der Waals surface area contributed by atoms with Gasteiger partial charge in [-0.15, -0.1) is 10.2 Å². The number of nitrogens with one attached hydrogen (secondary N) is 2. The Morgan fingerprint density at radius 3 is 2.63 bits per heavy atom.